The van der Waals surface area contributed by atoms with Gasteiger partial charge in [-0.15, -0.1) is 0 Å². The number of halogens is 3. The number of hydrogen-bond acceptors (Lipinski definition) is 3. The summed E-state index contributed by atoms with van der Waals surface area (Å²) in [6, 6.07) is 4.42. The first kappa shape index (κ1) is 16.8. The van der Waals surface area contributed by atoms with E-state index < -0.39 is 27.8 Å². The molecule has 0 bridgehead atoms. The lowest BCUT2D eigenvalue weighted by Crippen LogP contribution is -2.36. The van der Waals surface area contributed by atoms with Gasteiger partial charge >= 0.3 is 6.18 Å². The second-order valence-corrected chi connectivity index (χ2v) is 7.00. The third kappa shape index (κ3) is 4.20. The van der Waals surface area contributed by atoms with Crippen molar-refractivity contribution in [2.75, 3.05) is 12.8 Å². The number of alkyl halides is 3. The molecule has 1 N–H and O–H groups in total. The number of carbonyl (C=O) groups is 1. The molecule has 9 heteroatoms. The molecule has 0 saturated carbocycles. The molecule has 5 nitrogen and oxygen atoms in total. The maximum Gasteiger partial charge on any atom is 0.416 e. The Balaban J connectivity index is 2.14. The van der Waals surface area contributed by atoms with Gasteiger partial charge in [0.1, 0.15) is 0 Å². The standard InChI is InChI=1S/C13H15F3N2O3S/c1-22(20,21)17-10-6-12(19)18(8-10)7-9-4-2-3-5-11(9)13(14,15)16/h2-5,10,17H,6-8H2,1H3/t10-/m1/s1. The molecule has 0 aliphatic carbocycles. The van der Waals surface area contributed by atoms with Gasteiger partial charge in [0.05, 0.1) is 11.8 Å². The van der Waals surface area contributed by atoms with Gasteiger partial charge in [-0.25, -0.2) is 13.1 Å². The van der Waals surface area contributed by atoms with Crippen LogP contribution in [0, 0.1) is 0 Å². The maximum absolute atomic E-state index is 12.9. The van der Waals surface area contributed by atoms with Gasteiger partial charge in [-0.2, -0.15) is 13.2 Å². The van der Waals surface area contributed by atoms with Crippen LogP contribution in [-0.2, 0) is 27.5 Å². The highest BCUT2D eigenvalue weighted by Crippen LogP contribution is 2.32. The molecule has 1 saturated heterocycles. The zero-order valence-corrected chi connectivity index (χ0v) is 12.5. The van der Waals surface area contributed by atoms with Gasteiger partial charge in [-0.3, -0.25) is 4.79 Å². The van der Waals surface area contributed by atoms with Crippen LogP contribution in [-0.4, -0.2) is 38.1 Å². The third-order valence-electron chi connectivity index (χ3n) is 3.28. The second-order valence-electron chi connectivity index (χ2n) is 5.22. The summed E-state index contributed by atoms with van der Waals surface area (Å²) in [5, 5.41) is 0. The fourth-order valence-electron chi connectivity index (χ4n) is 2.45. The average molecular weight is 336 g/mol. The normalized spacial score (nSPS) is 19.7. The van der Waals surface area contributed by atoms with E-state index in [9.17, 15) is 26.4 Å². The first-order chi connectivity index (χ1) is 10.1. The smallest absolute Gasteiger partial charge is 0.337 e. The predicted octanol–water partition coefficient (Wildman–Crippen LogP) is 1.36. The van der Waals surface area contributed by atoms with Crippen LogP contribution in [0.25, 0.3) is 0 Å². The molecular formula is C13H15F3N2O3S. The number of amides is 1. The molecule has 0 radical (unpaired) electrons. The number of benzene rings is 1. The molecule has 1 atom stereocenters. The van der Waals surface area contributed by atoms with Crippen LogP contribution in [0.1, 0.15) is 17.5 Å². The molecule has 1 aliphatic heterocycles. The summed E-state index contributed by atoms with van der Waals surface area (Å²) in [4.78, 5) is 13.1. The highest BCUT2D eigenvalue weighted by atomic mass is 32.2. The van der Waals surface area contributed by atoms with Crippen molar-refractivity contribution in [2.24, 2.45) is 0 Å². The number of nitrogens with one attached hydrogen (secondary N) is 1. The van der Waals surface area contributed by atoms with E-state index in [1.807, 2.05) is 0 Å². The number of sulfonamides is 1. The molecule has 1 aromatic rings. The Morgan fingerprint density at radius 2 is 1.95 bits per heavy atom. The Kier molecular flexibility index (Phi) is 4.48. The minimum Gasteiger partial charge on any atom is -0.337 e. The van der Waals surface area contributed by atoms with Gasteiger partial charge in [-0.05, 0) is 11.6 Å². The second kappa shape index (κ2) is 5.88. The van der Waals surface area contributed by atoms with Gasteiger partial charge in [0.2, 0.25) is 15.9 Å². The van der Waals surface area contributed by atoms with Crippen LogP contribution in [0.5, 0.6) is 0 Å². The maximum atomic E-state index is 12.9. The van der Waals surface area contributed by atoms with E-state index >= 15 is 0 Å². The topological polar surface area (TPSA) is 66.5 Å². The molecule has 0 unspecified atom stereocenters. The van der Waals surface area contributed by atoms with Gasteiger partial charge in [0, 0.05) is 25.6 Å². The minimum absolute atomic E-state index is 0.0108. The van der Waals surface area contributed by atoms with Crippen molar-refractivity contribution in [3.63, 3.8) is 0 Å². The van der Waals surface area contributed by atoms with E-state index in [0.717, 1.165) is 12.3 Å². The van der Waals surface area contributed by atoms with Crippen molar-refractivity contribution in [3.05, 3.63) is 35.4 Å². The largest absolute Gasteiger partial charge is 0.416 e. The molecule has 1 aliphatic rings. The van der Waals surface area contributed by atoms with Crippen LogP contribution in [0.15, 0.2) is 24.3 Å². The molecule has 1 fully saturated rings. The van der Waals surface area contributed by atoms with Crippen molar-refractivity contribution in [1.82, 2.24) is 9.62 Å². The fraction of sp³-hybridized carbons (Fsp3) is 0.462. The number of likely N-dealkylation sites (tertiary alicyclic amines) is 1. The van der Waals surface area contributed by atoms with Gasteiger partial charge in [0.25, 0.3) is 0 Å². The van der Waals surface area contributed by atoms with Crippen molar-refractivity contribution in [2.45, 2.75) is 25.2 Å². The molecule has 122 valence electrons. The Hall–Kier alpha value is -1.61. The Morgan fingerprint density at radius 3 is 2.55 bits per heavy atom. The number of hydrogen-bond donors (Lipinski definition) is 1. The van der Waals surface area contributed by atoms with Crippen molar-refractivity contribution in [1.29, 1.82) is 0 Å². The van der Waals surface area contributed by atoms with Crippen LogP contribution >= 0.6 is 0 Å². The van der Waals surface area contributed by atoms with Crippen LogP contribution in [0.3, 0.4) is 0 Å². The Labute approximate surface area is 126 Å². The van der Waals surface area contributed by atoms with Gasteiger partial charge in [0.15, 0.2) is 0 Å². The number of nitrogens with zero attached hydrogens (tertiary/aromatic N) is 1. The summed E-state index contributed by atoms with van der Waals surface area (Å²) in [5.41, 5.74) is -0.800. The molecule has 22 heavy (non-hydrogen) atoms. The zero-order chi connectivity index (χ0) is 16.5. The Bertz CT molecular complexity index is 673. The molecule has 1 aromatic carbocycles. The lowest BCUT2D eigenvalue weighted by molar-refractivity contribution is -0.139. The number of carbonyl (C=O) groups excluding carboxylic acids is 1. The molecule has 1 amide bonds. The van der Waals surface area contributed by atoms with Crippen LogP contribution in [0.2, 0.25) is 0 Å². The minimum atomic E-state index is -4.50. The highest BCUT2D eigenvalue weighted by molar-refractivity contribution is 7.88. The third-order valence-corrected chi connectivity index (χ3v) is 4.04. The van der Waals surface area contributed by atoms with E-state index in [-0.39, 0.29) is 31.0 Å². The van der Waals surface area contributed by atoms with Crippen molar-refractivity contribution >= 4 is 15.9 Å². The predicted molar refractivity (Wildman–Crippen MR) is 73.2 cm³/mol. The zero-order valence-electron chi connectivity index (χ0n) is 11.7. The molecule has 1 heterocycles. The summed E-state index contributed by atoms with van der Waals surface area (Å²) >= 11 is 0. The van der Waals surface area contributed by atoms with E-state index in [0.29, 0.717) is 0 Å². The van der Waals surface area contributed by atoms with Crippen LogP contribution < -0.4 is 4.72 Å². The van der Waals surface area contributed by atoms with Crippen molar-refractivity contribution in [3.8, 4) is 0 Å². The summed E-state index contributed by atoms with van der Waals surface area (Å²) in [5.74, 6) is -0.377. The van der Waals surface area contributed by atoms with Crippen LogP contribution in [0.4, 0.5) is 13.2 Å². The number of rotatable bonds is 4. The average Bonchev–Trinajstić information content (AvgIpc) is 2.66. The van der Waals surface area contributed by atoms with Crippen molar-refractivity contribution < 1.29 is 26.4 Å². The molecule has 0 aromatic heterocycles. The summed E-state index contributed by atoms with van der Waals surface area (Å²) < 4.78 is 63.4. The first-order valence-electron chi connectivity index (χ1n) is 6.46. The summed E-state index contributed by atoms with van der Waals surface area (Å²) in [6.45, 7) is -0.144. The van der Waals surface area contributed by atoms with Gasteiger partial charge < -0.3 is 4.90 Å². The molecular weight excluding hydrogens is 321 g/mol. The fourth-order valence-corrected chi connectivity index (χ4v) is 3.21. The van der Waals surface area contributed by atoms with E-state index in [2.05, 4.69) is 4.72 Å². The molecule has 0 spiro atoms. The highest BCUT2D eigenvalue weighted by Gasteiger charge is 2.36. The lowest BCUT2D eigenvalue weighted by atomic mass is 10.1. The van der Waals surface area contributed by atoms with E-state index in [1.165, 1.54) is 23.1 Å². The summed E-state index contributed by atoms with van der Waals surface area (Å²) in [6.07, 6.45) is -3.58. The van der Waals surface area contributed by atoms with Gasteiger partial charge in [-0.1, -0.05) is 18.2 Å². The monoisotopic (exact) mass is 336 g/mol. The van der Waals surface area contributed by atoms with E-state index in [1.54, 1.807) is 0 Å². The first-order valence-corrected chi connectivity index (χ1v) is 8.35. The Morgan fingerprint density at radius 1 is 1.32 bits per heavy atom. The quantitative estimate of drug-likeness (QED) is 0.903. The summed E-state index contributed by atoms with van der Waals surface area (Å²) in [7, 11) is -3.47. The van der Waals surface area contributed by atoms with E-state index in [4.69, 9.17) is 0 Å². The molecule has 2 rings (SSSR count). The lowest BCUT2D eigenvalue weighted by Gasteiger charge is -2.20. The SMILES string of the molecule is CS(=O)(=O)N[C@@H]1CC(=O)N(Cc2ccccc2C(F)(F)F)C1.